The largest absolute Gasteiger partial charge is 0.380 e. The van der Waals surface area contributed by atoms with E-state index in [1.807, 2.05) is 24.3 Å². The molecular formula is C17H24N2O2. The Labute approximate surface area is 126 Å². The molecular weight excluding hydrogens is 264 g/mol. The Bertz CT molecular complexity index is 482. The van der Waals surface area contributed by atoms with E-state index in [4.69, 9.17) is 4.74 Å². The maximum atomic E-state index is 12.3. The smallest absolute Gasteiger partial charge is 0.251 e. The van der Waals surface area contributed by atoms with Crippen molar-refractivity contribution in [1.82, 2.24) is 10.2 Å². The summed E-state index contributed by atoms with van der Waals surface area (Å²) in [5.74, 6) is 0.963. The highest BCUT2D eigenvalue weighted by atomic mass is 16.5. The summed E-state index contributed by atoms with van der Waals surface area (Å²) < 4.78 is 5.08. The minimum Gasteiger partial charge on any atom is -0.380 e. The maximum Gasteiger partial charge on any atom is 0.251 e. The van der Waals surface area contributed by atoms with E-state index < -0.39 is 0 Å². The molecule has 3 rings (SSSR count). The van der Waals surface area contributed by atoms with E-state index in [9.17, 15) is 4.79 Å². The molecule has 1 atom stereocenters. The molecule has 2 aliphatic rings. The van der Waals surface area contributed by atoms with Crippen LogP contribution in [0.4, 0.5) is 0 Å². The van der Waals surface area contributed by atoms with Crippen LogP contribution >= 0.6 is 0 Å². The number of carbonyl (C=O) groups excluding carboxylic acids is 1. The lowest BCUT2D eigenvalue weighted by molar-refractivity contribution is 0.0937. The van der Waals surface area contributed by atoms with E-state index in [0.717, 1.165) is 36.6 Å². The third-order valence-corrected chi connectivity index (χ3v) is 4.35. The fourth-order valence-electron chi connectivity index (χ4n) is 2.97. The van der Waals surface area contributed by atoms with Gasteiger partial charge in [0.25, 0.3) is 5.91 Å². The highest BCUT2D eigenvalue weighted by molar-refractivity contribution is 5.94. The Kier molecular flexibility index (Phi) is 4.56. The first-order valence-electron chi connectivity index (χ1n) is 7.85. The van der Waals surface area contributed by atoms with Crippen molar-refractivity contribution in [2.45, 2.75) is 31.9 Å². The van der Waals surface area contributed by atoms with Crippen LogP contribution in [0.3, 0.4) is 0 Å². The molecule has 4 nitrogen and oxygen atoms in total. The lowest BCUT2D eigenvalue weighted by Crippen LogP contribution is -2.37. The van der Waals surface area contributed by atoms with Crippen LogP contribution in [-0.2, 0) is 11.3 Å². The Hall–Kier alpha value is -1.39. The van der Waals surface area contributed by atoms with Gasteiger partial charge in [0.05, 0.1) is 6.61 Å². The van der Waals surface area contributed by atoms with Crippen molar-refractivity contribution < 1.29 is 9.53 Å². The molecule has 0 spiro atoms. The Morgan fingerprint density at radius 3 is 2.71 bits per heavy atom. The summed E-state index contributed by atoms with van der Waals surface area (Å²) in [4.78, 5) is 14.7. The SMILES string of the molecule is COCc1ccc(C(=O)N[C@@H]2CCN(CC3CC3)C2)cc1. The maximum absolute atomic E-state index is 12.3. The monoisotopic (exact) mass is 288 g/mol. The summed E-state index contributed by atoms with van der Waals surface area (Å²) in [5.41, 5.74) is 1.82. The summed E-state index contributed by atoms with van der Waals surface area (Å²) in [6.45, 7) is 3.93. The Morgan fingerprint density at radius 2 is 2.05 bits per heavy atom. The van der Waals surface area contributed by atoms with E-state index in [0.29, 0.717) is 12.6 Å². The molecule has 21 heavy (non-hydrogen) atoms. The lowest BCUT2D eigenvalue weighted by atomic mass is 10.1. The summed E-state index contributed by atoms with van der Waals surface area (Å²) in [7, 11) is 1.67. The molecule has 1 aromatic rings. The average Bonchev–Trinajstić information content (AvgIpc) is 3.19. The molecule has 114 valence electrons. The van der Waals surface area contributed by atoms with Gasteiger partial charge in [0.15, 0.2) is 0 Å². The summed E-state index contributed by atoms with van der Waals surface area (Å²) >= 11 is 0. The van der Waals surface area contributed by atoms with Gasteiger partial charge < -0.3 is 15.0 Å². The van der Waals surface area contributed by atoms with Gasteiger partial charge in [-0.15, -0.1) is 0 Å². The first kappa shape index (κ1) is 14.5. The number of nitrogens with zero attached hydrogens (tertiary/aromatic N) is 1. The van der Waals surface area contributed by atoms with Gasteiger partial charge in [-0.25, -0.2) is 0 Å². The van der Waals surface area contributed by atoms with Gasteiger partial charge in [0, 0.05) is 38.3 Å². The van der Waals surface area contributed by atoms with Crippen LogP contribution < -0.4 is 5.32 Å². The molecule has 1 saturated heterocycles. The fourth-order valence-corrected chi connectivity index (χ4v) is 2.97. The third-order valence-electron chi connectivity index (χ3n) is 4.35. The number of likely N-dealkylation sites (tertiary alicyclic amines) is 1. The molecule has 1 aliphatic heterocycles. The van der Waals surface area contributed by atoms with Gasteiger partial charge in [0.2, 0.25) is 0 Å². The number of rotatable bonds is 6. The van der Waals surface area contributed by atoms with Crippen LogP contribution in [0.2, 0.25) is 0 Å². The van der Waals surface area contributed by atoms with E-state index in [2.05, 4.69) is 10.2 Å². The molecule has 1 aromatic carbocycles. The zero-order valence-electron chi connectivity index (χ0n) is 12.7. The molecule has 4 heteroatoms. The number of methoxy groups -OCH3 is 1. The van der Waals surface area contributed by atoms with Gasteiger partial charge >= 0.3 is 0 Å². The first-order chi connectivity index (χ1) is 10.2. The van der Waals surface area contributed by atoms with Crippen LogP contribution in [0, 0.1) is 5.92 Å². The summed E-state index contributed by atoms with van der Waals surface area (Å²) in [6, 6.07) is 7.95. The standard InChI is InChI=1S/C17H24N2O2/c1-21-12-14-4-6-15(7-5-14)17(20)18-16-8-9-19(11-16)10-13-2-3-13/h4-7,13,16H,2-3,8-12H2,1H3,(H,18,20)/t16-/m1/s1. The number of carbonyl (C=O) groups is 1. The minimum atomic E-state index is 0.0391. The van der Waals surface area contributed by atoms with Gasteiger partial charge in [-0.2, -0.15) is 0 Å². The first-order valence-corrected chi connectivity index (χ1v) is 7.85. The predicted octanol–water partition coefficient (Wildman–Crippen LogP) is 2.05. The molecule has 1 aliphatic carbocycles. The van der Waals surface area contributed by atoms with E-state index in [1.54, 1.807) is 7.11 Å². The normalized spacial score (nSPS) is 22.4. The van der Waals surface area contributed by atoms with Crippen molar-refractivity contribution in [3.8, 4) is 0 Å². The molecule has 1 saturated carbocycles. The van der Waals surface area contributed by atoms with Crippen LogP contribution in [-0.4, -0.2) is 43.6 Å². The number of benzene rings is 1. The molecule has 2 fully saturated rings. The Balaban J connectivity index is 1.49. The Morgan fingerprint density at radius 1 is 1.29 bits per heavy atom. The highest BCUT2D eigenvalue weighted by Crippen LogP contribution is 2.30. The minimum absolute atomic E-state index is 0.0391. The molecule has 0 radical (unpaired) electrons. The van der Waals surface area contributed by atoms with Crippen LogP contribution in [0.15, 0.2) is 24.3 Å². The fraction of sp³-hybridized carbons (Fsp3) is 0.588. The summed E-state index contributed by atoms with van der Waals surface area (Å²) in [6.07, 6.45) is 3.85. The van der Waals surface area contributed by atoms with Crippen molar-refractivity contribution in [2.24, 2.45) is 5.92 Å². The predicted molar refractivity (Wildman–Crippen MR) is 82.2 cm³/mol. The molecule has 0 unspecified atom stereocenters. The van der Waals surface area contributed by atoms with Gasteiger partial charge in [-0.3, -0.25) is 4.79 Å². The number of amides is 1. The highest BCUT2D eigenvalue weighted by Gasteiger charge is 2.29. The second-order valence-corrected chi connectivity index (χ2v) is 6.29. The zero-order chi connectivity index (χ0) is 14.7. The topological polar surface area (TPSA) is 41.6 Å². The molecule has 1 amide bonds. The van der Waals surface area contributed by atoms with Crippen molar-refractivity contribution in [1.29, 1.82) is 0 Å². The van der Waals surface area contributed by atoms with Gasteiger partial charge in [-0.05, 0) is 42.9 Å². The molecule has 1 N–H and O–H groups in total. The lowest BCUT2D eigenvalue weighted by Gasteiger charge is -2.16. The average molecular weight is 288 g/mol. The van der Waals surface area contributed by atoms with Crippen molar-refractivity contribution >= 4 is 5.91 Å². The van der Waals surface area contributed by atoms with E-state index >= 15 is 0 Å². The number of hydrogen-bond acceptors (Lipinski definition) is 3. The van der Waals surface area contributed by atoms with Crippen molar-refractivity contribution in [2.75, 3.05) is 26.7 Å². The second-order valence-electron chi connectivity index (χ2n) is 6.29. The van der Waals surface area contributed by atoms with E-state index in [1.165, 1.54) is 19.4 Å². The molecule has 1 heterocycles. The number of ether oxygens (including phenoxy) is 1. The zero-order valence-corrected chi connectivity index (χ0v) is 12.7. The van der Waals surface area contributed by atoms with E-state index in [-0.39, 0.29) is 5.91 Å². The van der Waals surface area contributed by atoms with Gasteiger partial charge in [-0.1, -0.05) is 12.1 Å². The second kappa shape index (κ2) is 6.58. The van der Waals surface area contributed by atoms with Crippen molar-refractivity contribution in [3.63, 3.8) is 0 Å². The van der Waals surface area contributed by atoms with Gasteiger partial charge in [0.1, 0.15) is 0 Å². The van der Waals surface area contributed by atoms with Crippen LogP contribution in [0.25, 0.3) is 0 Å². The van der Waals surface area contributed by atoms with Crippen molar-refractivity contribution in [3.05, 3.63) is 35.4 Å². The summed E-state index contributed by atoms with van der Waals surface area (Å²) in [5, 5.41) is 3.16. The molecule has 0 aromatic heterocycles. The van der Waals surface area contributed by atoms with Crippen LogP contribution in [0.5, 0.6) is 0 Å². The van der Waals surface area contributed by atoms with Crippen LogP contribution in [0.1, 0.15) is 35.2 Å². The number of hydrogen-bond donors (Lipinski definition) is 1. The quantitative estimate of drug-likeness (QED) is 0.871. The molecule has 0 bridgehead atoms. The number of nitrogens with one attached hydrogen (secondary N) is 1. The third kappa shape index (κ3) is 4.05.